The molecule has 1 aromatic heterocycles. The molecule has 1 heterocycles. The Morgan fingerprint density at radius 2 is 2.06 bits per heavy atom. The largest absolute Gasteiger partial charge is 0.261 e. The number of alkyl halides is 1. The molecule has 1 nitrogen and oxygen atoms in total. The number of pyridine rings is 1. The SMILES string of the molecule is Cc1ccc(CC(Br)c2cc(F)cc(Br)c2)nc1. The molecule has 2 aromatic rings. The van der Waals surface area contributed by atoms with Crippen LogP contribution in [0.25, 0.3) is 0 Å². The molecule has 0 spiro atoms. The molecule has 0 aliphatic heterocycles. The van der Waals surface area contributed by atoms with Gasteiger partial charge < -0.3 is 0 Å². The van der Waals surface area contributed by atoms with Gasteiger partial charge in [-0.05, 0) is 42.3 Å². The number of nitrogens with zero attached hydrogens (tertiary/aromatic N) is 1. The predicted molar refractivity (Wildman–Crippen MR) is 78.4 cm³/mol. The van der Waals surface area contributed by atoms with Crippen LogP contribution in [0.3, 0.4) is 0 Å². The molecule has 0 bridgehead atoms. The van der Waals surface area contributed by atoms with E-state index in [9.17, 15) is 4.39 Å². The van der Waals surface area contributed by atoms with Gasteiger partial charge in [0.05, 0.1) is 0 Å². The minimum atomic E-state index is -0.235. The van der Waals surface area contributed by atoms with Crippen LogP contribution in [0.2, 0.25) is 0 Å². The number of rotatable bonds is 3. The summed E-state index contributed by atoms with van der Waals surface area (Å²) in [4.78, 5) is 4.41. The van der Waals surface area contributed by atoms with Gasteiger partial charge in [0.15, 0.2) is 0 Å². The molecule has 0 saturated carbocycles. The second-order valence-electron chi connectivity index (χ2n) is 4.20. The second-order valence-corrected chi connectivity index (χ2v) is 6.22. The number of benzene rings is 1. The van der Waals surface area contributed by atoms with Crippen LogP contribution in [0, 0.1) is 12.7 Å². The van der Waals surface area contributed by atoms with E-state index >= 15 is 0 Å². The average Bonchev–Trinajstić information content (AvgIpc) is 2.31. The van der Waals surface area contributed by atoms with Crippen LogP contribution in [-0.4, -0.2) is 4.98 Å². The van der Waals surface area contributed by atoms with Crippen molar-refractivity contribution in [3.05, 3.63) is 63.6 Å². The molecule has 0 saturated heterocycles. The zero-order valence-corrected chi connectivity index (χ0v) is 13.0. The molecule has 2 rings (SSSR count). The summed E-state index contributed by atoms with van der Waals surface area (Å²) in [5.74, 6) is -0.235. The first-order valence-electron chi connectivity index (χ1n) is 5.56. The van der Waals surface area contributed by atoms with E-state index in [0.29, 0.717) is 0 Å². The molecule has 0 amide bonds. The summed E-state index contributed by atoms with van der Waals surface area (Å²) in [6, 6.07) is 8.93. The second kappa shape index (κ2) is 5.93. The molecule has 1 aromatic carbocycles. The van der Waals surface area contributed by atoms with Crippen molar-refractivity contribution in [3.63, 3.8) is 0 Å². The van der Waals surface area contributed by atoms with Gasteiger partial charge in [-0.25, -0.2) is 4.39 Å². The highest BCUT2D eigenvalue weighted by molar-refractivity contribution is 9.10. The van der Waals surface area contributed by atoms with Gasteiger partial charge in [0, 0.05) is 27.6 Å². The van der Waals surface area contributed by atoms with E-state index in [-0.39, 0.29) is 10.6 Å². The van der Waals surface area contributed by atoms with E-state index in [1.807, 2.05) is 31.3 Å². The van der Waals surface area contributed by atoms with Crippen LogP contribution in [0.1, 0.15) is 21.6 Å². The Balaban J connectivity index is 2.16. The van der Waals surface area contributed by atoms with Crippen molar-refractivity contribution in [1.82, 2.24) is 4.98 Å². The fourth-order valence-corrected chi connectivity index (χ4v) is 2.76. The Labute approximate surface area is 123 Å². The third-order valence-electron chi connectivity index (χ3n) is 2.61. The minimum absolute atomic E-state index is 0.0553. The maximum atomic E-state index is 13.3. The summed E-state index contributed by atoms with van der Waals surface area (Å²) >= 11 is 6.88. The van der Waals surface area contributed by atoms with Crippen LogP contribution in [0.5, 0.6) is 0 Å². The van der Waals surface area contributed by atoms with Crippen molar-refractivity contribution in [3.8, 4) is 0 Å². The van der Waals surface area contributed by atoms with E-state index in [2.05, 4.69) is 36.8 Å². The summed E-state index contributed by atoms with van der Waals surface area (Å²) in [5.41, 5.74) is 3.03. The number of aryl methyl sites for hydroxylation is 1. The third kappa shape index (κ3) is 3.62. The average molecular weight is 373 g/mol. The molecule has 0 aliphatic rings. The van der Waals surface area contributed by atoms with E-state index in [4.69, 9.17) is 0 Å². The summed E-state index contributed by atoms with van der Waals surface area (Å²) < 4.78 is 14.1. The zero-order valence-electron chi connectivity index (χ0n) is 9.83. The molecular formula is C14H12Br2FN. The molecule has 1 atom stereocenters. The Morgan fingerprint density at radius 3 is 2.67 bits per heavy atom. The minimum Gasteiger partial charge on any atom is -0.261 e. The fourth-order valence-electron chi connectivity index (χ4n) is 1.68. The number of hydrogen-bond acceptors (Lipinski definition) is 1. The van der Waals surface area contributed by atoms with Crippen molar-refractivity contribution in [2.24, 2.45) is 0 Å². The highest BCUT2D eigenvalue weighted by Gasteiger charge is 2.11. The smallest absolute Gasteiger partial charge is 0.124 e. The quantitative estimate of drug-likeness (QED) is 0.693. The first-order valence-corrected chi connectivity index (χ1v) is 7.27. The van der Waals surface area contributed by atoms with Gasteiger partial charge in [-0.1, -0.05) is 37.9 Å². The van der Waals surface area contributed by atoms with Crippen molar-refractivity contribution in [2.45, 2.75) is 18.2 Å². The molecule has 1 unspecified atom stereocenters. The van der Waals surface area contributed by atoms with Gasteiger partial charge in [-0.15, -0.1) is 0 Å². The summed E-state index contributed by atoms with van der Waals surface area (Å²) in [6.45, 7) is 2.01. The van der Waals surface area contributed by atoms with Gasteiger partial charge in [0.2, 0.25) is 0 Å². The topological polar surface area (TPSA) is 12.9 Å². The van der Waals surface area contributed by atoms with Crippen LogP contribution < -0.4 is 0 Å². The highest BCUT2D eigenvalue weighted by atomic mass is 79.9. The van der Waals surface area contributed by atoms with E-state index in [0.717, 1.165) is 27.7 Å². The lowest BCUT2D eigenvalue weighted by Gasteiger charge is -2.10. The predicted octanol–water partition coefficient (Wildman–Crippen LogP) is 4.97. The van der Waals surface area contributed by atoms with Gasteiger partial charge in [0.25, 0.3) is 0 Å². The third-order valence-corrected chi connectivity index (χ3v) is 3.92. The fraction of sp³-hybridized carbons (Fsp3) is 0.214. The summed E-state index contributed by atoms with van der Waals surface area (Å²) in [7, 11) is 0. The van der Waals surface area contributed by atoms with Crippen LogP contribution in [-0.2, 0) is 6.42 Å². The molecule has 0 aliphatic carbocycles. The van der Waals surface area contributed by atoms with Crippen molar-refractivity contribution < 1.29 is 4.39 Å². The molecule has 0 radical (unpaired) electrons. The first kappa shape index (κ1) is 13.7. The van der Waals surface area contributed by atoms with Gasteiger partial charge in [0.1, 0.15) is 5.82 Å². The van der Waals surface area contributed by atoms with E-state index in [1.54, 1.807) is 6.07 Å². The normalized spacial score (nSPS) is 12.4. The summed E-state index contributed by atoms with van der Waals surface area (Å²) in [5, 5.41) is 0. The van der Waals surface area contributed by atoms with Crippen molar-refractivity contribution in [2.75, 3.05) is 0 Å². The standard InChI is InChI=1S/C14H12Br2FN/c1-9-2-3-13(18-8-9)7-14(16)10-4-11(15)6-12(17)5-10/h2-6,8,14H,7H2,1H3. The molecule has 0 fully saturated rings. The lowest BCUT2D eigenvalue weighted by molar-refractivity contribution is 0.624. The van der Waals surface area contributed by atoms with Crippen molar-refractivity contribution in [1.29, 1.82) is 0 Å². The monoisotopic (exact) mass is 371 g/mol. The highest BCUT2D eigenvalue weighted by Crippen LogP contribution is 2.29. The zero-order chi connectivity index (χ0) is 13.1. The molecule has 0 N–H and O–H groups in total. The van der Waals surface area contributed by atoms with Gasteiger partial charge >= 0.3 is 0 Å². The Kier molecular flexibility index (Phi) is 4.51. The molecule has 18 heavy (non-hydrogen) atoms. The number of halogens is 3. The number of hydrogen-bond donors (Lipinski definition) is 0. The number of aromatic nitrogens is 1. The molecular weight excluding hydrogens is 361 g/mol. The van der Waals surface area contributed by atoms with Gasteiger partial charge in [-0.2, -0.15) is 0 Å². The Bertz CT molecular complexity index is 520. The van der Waals surface area contributed by atoms with Crippen LogP contribution in [0.4, 0.5) is 4.39 Å². The maximum absolute atomic E-state index is 13.3. The lowest BCUT2D eigenvalue weighted by atomic mass is 10.1. The summed E-state index contributed by atoms with van der Waals surface area (Å²) in [6.07, 6.45) is 2.58. The first-order chi connectivity index (χ1) is 8.54. The van der Waals surface area contributed by atoms with E-state index in [1.165, 1.54) is 6.07 Å². The van der Waals surface area contributed by atoms with Gasteiger partial charge in [-0.3, -0.25) is 4.98 Å². The maximum Gasteiger partial charge on any atom is 0.124 e. The van der Waals surface area contributed by atoms with Crippen LogP contribution in [0.15, 0.2) is 41.0 Å². The van der Waals surface area contributed by atoms with E-state index < -0.39 is 0 Å². The van der Waals surface area contributed by atoms with Crippen LogP contribution >= 0.6 is 31.9 Å². The Morgan fingerprint density at radius 1 is 1.28 bits per heavy atom. The molecule has 4 heteroatoms. The lowest BCUT2D eigenvalue weighted by Crippen LogP contribution is -1.98. The Hall–Kier alpha value is -0.740. The molecule has 94 valence electrons. The van der Waals surface area contributed by atoms with Crippen molar-refractivity contribution >= 4 is 31.9 Å².